The van der Waals surface area contributed by atoms with Crippen LogP contribution in [-0.2, 0) is 0 Å². The van der Waals surface area contributed by atoms with E-state index < -0.39 is 0 Å². The average molecular weight is 252 g/mol. The van der Waals surface area contributed by atoms with Crippen molar-refractivity contribution in [2.75, 3.05) is 7.11 Å². The molecule has 0 aliphatic heterocycles. The van der Waals surface area contributed by atoms with E-state index in [4.69, 9.17) is 9.15 Å². The molecule has 0 bridgehead atoms. The summed E-state index contributed by atoms with van der Waals surface area (Å²) in [4.78, 5) is 8.45. The van der Waals surface area contributed by atoms with Crippen molar-refractivity contribution in [1.29, 1.82) is 0 Å². The summed E-state index contributed by atoms with van der Waals surface area (Å²) in [7, 11) is 1.64. The fourth-order valence-electron chi connectivity index (χ4n) is 1.80. The Morgan fingerprint density at radius 2 is 1.68 bits per heavy atom. The molecule has 0 N–H and O–H groups in total. The number of ether oxygens (including phenoxy) is 1. The van der Waals surface area contributed by atoms with Crippen molar-refractivity contribution in [2.45, 2.75) is 0 Å². The van der Waals surface area contributed by atoms with Gasteiger partial charge in [-0.3, -0.25) is 4.98 Å². The summed E-state index contributed by atoms with van der Waals surface area (Å²) < 4.78 is 10.6. The van der Waals surface area contributed by atoms with Gasteiger partial charge in [-0.2, -0.15) is 0 Å². The molecule has 0 fully saturated rings. The Labute approximate surface area is 110 Å². The molecule has 3 aromatic rings. The van der Waals surface area contributed by atoms with Crippen molar-refractivity contribution in [3.63, 3.8) is 0 Å². The predicted molar refractivity (Wildman–Crippen MR) is 71.7 cm³/mol. The van der Waals surface area contributed by atoms with Crippen molar-refractivity contribution < 1.29 is 9.15 Å². The zero-order chi connectivity index (χ0) is 13.1. The van der Waals surface area contributed by atoms with Crippen LogP contribution in [0.4, 0.5) is 0 Å². The lowest BCUT2D eigenvalue weighted by Crippen LogP contribution is -1.83. The number of oxazole rings is 1. The Bertz CT molecular complexity index is 660. The molecule has 0 amide bonds. The van der Waals surface area contributed by atoms with E-state index in [0.29, 0.717) is 5.89 Å². The first-order valence-electron chi connectivity index (χ1n) is 5.87. The van der Waals surface area contributed by atoms with Gasteiger partial charge in [-0.1, -0.05) is 0 Å². The Morgan fingerprint density at radius 3 is 2.37 bits per heavy atom. The minimum absolute atomic E-state index is 0.592. The lowest BCUT2D eigenvalue weighted by molar-refractivity contribution is 0.415. The molecule has 0 unspecified atom stereocenters. The topological polar surface area (TPSA) is 48.2 Å². The zero-order valence-corrected chi connectivity index (χ0v) is 10.4. The molecule has 0 atom stereocenters. The first kappa shape index (κ1) is 11.5. The molecular weight excluding hydrogens is 240 g/mol. The summed E-state index contributed by atoms with van der Waals surface area (Å²) in [6.45, 7) is 0. The third-order valence-corrected chi connectivity index (χ3v) is 2.82. The Balaban J connectivity index is 1.92. The highest BCUT2D eigenvalue weighted by Crippen LogP contribution is 2.25. The van der Waals surface area contributed by atoms with Crippen LogP contribution in [0.2, 0.25) is 0 Å². The SMILES string of the molecule is COc1ccc(-c2nc(-c3ccncc3)co2)cc1. The summed E-state index contributed by atoms with van der Waals surface area (Å²) in [6.07, 6.45) is 5.11. The molecule has 0 saturated carbocycles. The van der Waals surface area contributed by atoms with Crippen molar-refractivity contribution in [2.24, 2.45) is 0 Å². The van der Waals surface area contributed by atoms with E-state index in [2.05, 4.69) is 9.97 Å². The molecule has 19 heavy (non-hydrogen) atoms. The Morgan fingerprint density at radius 1 is 0.947 bits per heavy atom. The monoisotopic (exact) mass is 252 g/mol. The smallest absolute Gasteiger partial charge is 0.226 e. The first-order valence-corrected chi connectivity index (χ1v) is 5.87. The number of methoxy groups -OCH3 is 1. The molecule has 4 nitrogen and oxygen atoms in total. The fourth-order valence-corrected chi connectivity index (χ4v) is 1.80. The van der Waals surface area contributed by atoms with Gasteiger partial charge >= 0.3 is 0 Å². The largest absolute Gasteiger partial charge is 0.497 e. The number of rotatable bonds is 3. The van der Waals surface area contributed by atoms with Gasteiger partial charge in [-0.25, -0.2) is 4.98 Å². The van der Waals surface area contributed by atoms with Crippen LogP contribution in [0.5, 0.6) is 5.75 Å². The predicted octanol–water partition coefficient (Wildman–Crippen LogP) is 3.41. The maximum atomic E-state index is 5.51. The van der Waals surface area contributed by atoms with E-state index in [1.807, 2.05) is 36.4 Å². The lowest BCUT2D eigenvalue weighted by atomic mass is 10.2. The van der Waals surface area contributed by atoms with Crippen LogP contribution in [0, 0.1) is 0 Å². The molecule has 3 rings (SSSR count). The van der Waals surface area contributed by atoms with Crippen LogP contribution < -0.4 is 4.74 Å². The van der Waals surface area contributed by atoms with E-state index in [-0.39, 0.29) is 0 Å². The molecule has 1 aromatic carbocycles. The van der Waals surface area contributed by atoms with Crippen LogP contribution in [-0.4, -0.2) is 17.1 Å². The minimum atomic E-state index is 0.592. The number of benzene rings is 1. The fraction of sp³-hybridized carbons (Fsp3) is 0.0667. The van der Waals surface area contributed by atoms with Crippen molar-refractivity contribution in [3.8, 4) is 28.5 Å². The number of hydrogen-bond acceptors (Lipinski definition) is 4. The molecule has 0 spiro atoms. The van der Waals surface area contributed by atoms with Gasteiger partial charge in [0, 0.05) is 23.5 Å². The third kappa shape index (κ3) is 2.33. The molecule has 94 valence electrons. The highest BCUT2D eigenvalue weighted by Gasteiger charge is 2.08. The second-order valence-electron chi connectivity index (χ2n) is 4.00. The average Bonchev–Trinajstić information content (AvgIpc) is 2.98. The minimum Gasteiger partial charge on any atom is -0.497 e. The maximum absolute atomic E-state index is 5.51. The van der Waals surface area contributed by atoms with Crippen LogP contribution >= 0.6 is 0 Å². The third-order valence-electron chi connectivity index (χ3n) is 2.82. The summed E-state index contributed by atoms with van der Waals surface area (Å²) >= 11 is 0. The maximum Gasteiger partial charge on any atom is 0.226 e. The highest BCUT2D eigenvalue weighted by atomic mass is 16.5. The van der Waals surface area contributed by atoms with Gasteiger partial charge in [-0.15, -0.1) is 0 Å². The van der Waals surface area contributed by atoms with Crippen LogP contribution in [0.25, 0.3) is 22.7 Å². The molecule has 0 saturated heterocycles. The molecular formula is C15H12N2O2. The van der Waals surface area contributed by atoms with Gasteiger partial charge in [0.2, 0.25) is 5.89 Å². The van der Waals surface area contributed by atoms with Crippen LogP contribution in [0.3, 0.4) is 0 Å². The Kier molecular flexibility index (Phi) is 2.98. The van der Waals surface area contributed by atoms with Gasteiger partial charge in [0.25, 0.3) is 0 Å². The molecule has 2 heterocycles. The van der Waals surface area contributed by atoms with E-state index >= 15 is 0 Å². The van der Waals surface area contributed by atoms with Gasteiger partial charge in [-0.05, 0) is 36.4 Å². The molecule has 2 aromatic heterocycles. The highest BCUT2D eigenvalue weighted by molar-refractivity contribution is 5.62. The van der Waals surface area contributed by atoms with E-state index in [1.165, 1.54) is 0 Å². The van der Waals surface area contributed by atoms with E-state index in [0.717, 1.165) is 22.6 Å². The number of hydrogen-bond donors (Lipinski definition) is 0. The van der Waals surface area contributed by atoms with Crippen LogP contribution in [0.15, 0.2) is 59.5 Å². The van der Waals surface area contributed by atoms with Crippen molar-refractivity contribution in [1.82, 2.24) is 9.97 Å². The Hall–Kier alpha value is -2.62. The lowest BCUT2D eigenvalue weighted by Gasteiger charge is -1.99. The van der Waals surface area contributed by atoms with Gasteiger partial charge < -0.3 is 9.15 Å². The number of nitrogens with zero attached hydrogens (tertiary/aromatic N) is 2. The number of aromatic nitrogens is 2. The summed E-state index contributed by atoms with van der Waals surface area (Å²) in [5, 5.41) is 0. The van der Waals surface area contributed by atoms with Crippen molar-refractivity contribution in [3.05, 3.63) is 55.1 Å². The quantitative estimate of drug-likeness (QED) is 0.716. The summed E-state index contributed by atoms with van der Waals surface area (Å²) in [6, 6.07) is 11.4. The first-order chi connectivity index (χ1) is 9.36. The standard InChI is InChI=1S/C15H12N2O2/c1-18-13-4-2-12(3-5-13)15-17-14(10-19-15)11-6-8-16-9-7-11/h2-10H,1H3. The van der Waals surface area contributed by atoms with Crippen molar-refractivity contribution >= 4 is 0 Å². The summed E-state index contributed by atoms with van der Waals surface area (Å²) in [5.74, 6) is 1.40. The molecule has 0 radical (unpaired) electrons. The van der Waals surface area contributed by atoms with Gasteiger partial charge in [0.1, 0.15) is 17.7 Å². The molecule has 0 aliphatic rings. The second kappa shape index (κ2) is 4.94. The zero-order valence-electron chi connectivity index (χ0n) is 10.4. The molecule has 4 heteroatoms. The normalized spacial score (nSPS) is 10.4. The second-order valence-corrected chi connectivity index (χ2v) is 4.00. The van der Waals surface area contributed by atoms with Crippen LogP contribution in [0.1, 0.15) is 0 Å². The van der Waals surface area contributed by atoms with E-state index in [1.54, 1.807) is 25.8 Å². The molecule has 0 aliphatic carbocycles. The van der Waals surface area contributed by atoms with Gasteiger partial charge in [0.15, 0.2) is 0 Å². The van der Waals surface area contributed by atoms with Gasteiger partial charge in [0.05, 0.1) is 7.11 Å². The summed E-state index contributed by atoms with van der Waals surface area (Å²) in [5.41, 5.74) is 2.70. The van der Waals surface area contributed by atoms with E-state index in [9.17, 15) is 0 Å². The number of pyridine rings is 1.